The number of rotatable bonds is 7. The lowest BCUT2D eigenvalue weighted by Crippen LogP contribution is -2.10. The molecule has 144 valence electrons. The first kappa shape index (κ1) is 19.3. The van der Waals surface area contributed by atoms with Gasteiger partial charge < -0.3 is 9.47 Å². The molecule has 0 amide bonds. The van der Waals surface area contributed by atoms with E-state index in [-0.39, 0.29) is 5.97 Å². The number of H-pyrrole nitrogens is 1. The van der Waals surface area contributed by atoms with Gasteiger partial charge in [-0.15, -0.1) is 0 Å². The number of aromatic amines is 1. The molecule has 0 aliphatic rings. The lowest BCUT2D eigenvalue weighted by molar-refractivity contribution is 0.0600. The Morgan fingerprint density at radius 1 is 1.25 bits per heavy atom. The summed E-state index contributed by atoms with van der Waals surface area (Å²) in [5.41, 5.74) is 4.99. The standard InChI is InChI=1S/C19H19N5O3S/c1-3-27-16-10-8-14(9-11-16)17-21-22-19(28)24(17)23-20-12-13-4-6-15(7-5-13)18(25)26-2/h4-12,23H,3H2,1-2H3,(H,22,28)/b20-12-. The second kappa shape index (κ2) is 8.96. The Balaban J connectivity index is 1.74. The van der Waals surface area contributed by atoms with Gasteiger partial charge in [-0.3, -0.25) is 0 Å². The maximum absolute atomic E-state index is 11.5. The van der Waals surface area contributed by atoms with Crippen LogP contribution in [0.1, 0.15) is 22.8 Å². The Kier molecular flexibility index (Phi) is 6.18. The number of carbonyl (C=O) groups excluding carboxylic acids is 1. The number of methoxy groups -OCH3 is 1. The minimum Gasteiger partial charge on any atom is -0.494 e. The number of carbonyl (C=O) groups is 1. The van der Waals surface area contributed by atoms with Gasteiger partial charge in [0.25, 0.3) is 0 Å². The molecule has 3 rings (SSSR count). The van der Waals surface area contributed by atoms with Gasteiger partial charge in [0, 0.05) is 5.56 Å². The van der Waals surface area contributed by atoms with E-state index in [1.807, 2.05) is 31.2 Å². The van der Waals surface area contributed by atoms with Crippen molar-refractivity contribution < 1.29 is 14.3 Å². The molecule has 0 fully saturated rings. The number of esters is 1. The van der Waals surface area contributed by atoms with E-state index in [1.54, 1.807) is 35.2 Å². The predicted octanol–water partition coefficient (Wildman–Crippen LogP) is 3.37. The number of nitrogens with zero attached hydrogens (tertiary/aromatic N) is 3. The Bertz CT molecular complexity index is 1020. The molecule has 1 aromatic heterocycles. The monoisotopic (exact) mass is 397 g/mol. The van der Waals surface area contributed by atoms with Crippen LogP contribution in [0.15, 0.2) is 53.6 Å². The lowest BCUT2D eigenvalue weighted by atomic mass is 10.1. The van der Waals surface area contributed by atoms with Crippen LogP contribution in [0.3, 0.4) is 0 Å². The van der Waals surface area contributed by atoms with Crippen molar-refractivity contribution in [3.63, 3.8) is 0 Å². The molecule has 2 aromatic carbocycles. The maximum atomic E-state index is 11.5. The Morgan fingerprint density at radius 2 is 1.96 bits per heavy atom. The van der Waals surface area contributed by atoms with Gasteiger partial charge >= 0.3 is 5.97 Å². The molecule has 0 bridgehead atoms. The first-order chi connectivity index (χ1) is 13.6. The van der Waals surface area contributed by atoms with Crippen LogP contribution in [0.2, 0.25) is 0 Å². The van der Waals surface area contributed by atoms with Gasteiger partial charge in [0.05, 0.1) is 25.5 Å². The summed E-state index contributed by atoms with van der Waals surface area (Å²) in [6, 6.07) is 14.4. The van der Waals surface area contributed by atoms with E-state index in [4.69, 9.17) is 17.0 Å². The third-order valence-electron chi connectivity index (χ3n) is 3.80. The first-order valence-electron chi connectivity index (χ1n) is 8.50. The Labute approximate surface area is 166 Å². The highest BCUT2D eigenvalue weighted by Gasteiger charge is 2.09. The number of hydrogen-bond acceptors (Lipinski definition) is 7. The average Bonchev–Trinajstić information content (AvgIpc) is 3.09. The molecule has 8 nitrogen and oxygen atoms in total. The van der Waals surface area contributed by atoms with E-state index in [0.29, 0.717) is 22.8 Å². The SMILES string of the molecule is CCOc1ccc(-c2n[nH]c(=S)n2N/N=C\c2ccc(C(=O)OC)cc2)cc1. The highest BCUT2D eigenvalue weighted by Crippen LogP contribution is 2.20. The average molecular weight is 397 g/mol. The van der Waals surface area contributed by atoms with Crippen LogP contribution in [0.25, 0.3) is 11.4 Å². The van der Waals surface area contributed by atoms with Crippen molar-refractivity contribution in [1.29, 1.82) is 0 Å². The van der Waals surface area contributed by atoms with E-state index in [9.17, 15) is 4.79 Å². The van der Waals surface area contributed by atoms with Gasteiger partial charge in [0.15, 0.2) is 5.82 Å². The maximum Gasteiger partial charge on any atom is 0.337 e. The van der Waals surface area contributed by atoms with E-state index in [0.717, 1.165) is 16.9 Å². The van der Waals surface area contributed by atoms with Crippen LogP contribution in [0.5, 0.6) is 5.75 Å². The van der Waals surface area contributed by atoms with E-state index >= 15 is 0 Å². The van der Waals surface area contributed by atoms with Crippen molar-refractivity contribution in [3.05, 3.63) is 64.4 Å². The number of hydrazone groups is 1. The fourth-order valence-corrected chi connectivity index (χ4v) is 2.61. The minimum atomic E-state index is -0.383. The highest BCUT2D eigenvalue weighted by molar-refractivity contribution is 7.71. The number of aromatic nitrogens is 3. The molecule has 0 atom stereocenters. The third kappa shape index (κ3) is 4.44. The van der Waals surface area contributed by atoms with E-state index < -0.39 is 0 Å². The van der Waals surface area contributed by atoms with Crippen LogP contribution in [-0.4, -0.2) is 40.8 Å². The molecule has 0 aliphatic carbocycles. The molecule has 2 N–H and O–H groups in total. The van der Waals surface area contributed by atoms with E-state index in [1.165, 1.54) is 7.11 Å². The summed E-state index contributed by atoms with van der Waals surface area (Å²) in [5, 5.41) is 11.2. The van der Waals surface area contributed by atoms with Gasteiger partial charge in [0.2, 0.25) is 4.77 Å². The van der Waals surface area contributed by atoms with Gasteiger partial charge in [-0.05, 0) is 61.1 Å². The smallest absolute Gasteiger partial charge is 0.337 e. The molecule has 0 unspecified atom stereocenters. The molecule has 0 saturated heterocycles. The van der Waals surface area contributed by atoms with Crippen molar-refractivity contribution >= 4 is 24.4 Å². The summed E-state index contributed by atoms with van der Waals surface area (Å²) in [6.45, 7) is 2.54. The lowest BCUT2D eigenvalue weighted by Gasteiger charge is -2.07. The molecule has 0 saturated carbocycles. The molecule has 0 radical (unpaired) electrons. The zero-order valence-corrected chi connectivity index (χ0v) is 16.2. The molecule has 1 heterocycles. The van der Waals surface area contributed by atoms with Gasteiger partial charge in [-0.2, -0.15) is 14.9 Å². The van der Waals surface area contributed by atoms with Gasteiger partial charge in [-0.1, -0.05) is 12.1 Å². The van der Waals surface area contributed by atoms with Crippen LogP contribution in [0.4, 0.5) is 0 Å². The second-order valence-corrected chi connectivity index (χ2v) is 6.00. The van der Waals surface area contributed by atoms with Crippen LogP contribution in [0, 0.1) is 4.77 Å². The molecule has 0 spiro atoms. The molecular formula is C19H19N5O3S. The molecular weight excluding hydrogens is 378 g/mol. The van der Waals surface area contributed by atoms with Gasteiger partial charge in [0.1, 0.15) is 5.75 Å². The topological polar surface area (TPSA) is 93.5 Å². The molecule has 3 aromatic rings. The molecule has 0 aliphatic heterocycles. The molecule has 9 heteroatoms. The van der Waals surface area contributed by atoms with Crippen molar-refractivity contribution in [3.8, 4) is 17.1 Å². The van der Waals surface area contributed by atoms with Crippen molar-refractivity contribution in [2.45, 2.75) is 6.92 Å². The van der Waals surface area contributed by atoms with Crippen LogP contribution < -0.4 is 10.3 Å². The number of benzene rings is 2. The predicted molar refractivity (Wildman–Crippen MR) is 109 cm³/mol. The Morgan fingerprint density at radius 3 is 2.61 bits per heavy atom. The highest BCUT2D eigenvalue weighted by atomic mass is 32.1. The number of hydrogen-bond donors (Lipinski definition) is 2. The van der Waals surface area contributed by atoms with Crippen LogP contribution >= 0.6 is 12.2 Å². The number of nitrogens with one attached hydrogen (secondary N) is 2. The quantitative estimate of drug-likeness (QED) is 0.275. The fraction of sp³-hybridized carbons (Fsp3) is 0.158. The summed E-state index contributed by atoms with van der Waals surface area (Å²) in [7, 11) is 1.35. The van der Waals surface area contributed by atoms with E-state index in [2.05, 4.69) is 25.6 Å². The minimum absolute atomic E-state index is 0.377. The first-order valence-corrected chi connectivity index (χ1v) is 8.91. The summed E-state index contributed by atoms with van der Waals surface area (Å²) < 4.78 is 12.1. The third-order valence-corrected chi connectivity index (χ3v) is 4.07. The summed E-state index contributed by atoms with van der Waals surface area (Å²) >= 11 is 5.26. The second-order valence-electron chi connectivity index (χ2n) is 5.62. The fourth-order valence-electron chi connectivity index (χ4n) is 2.43. The van der Waals surface area contributed by atoms with Crippen molar-refractivity contribution in [1.82, 2.24) is 14.9 Å². The van der Waals surface area contributed by atoms with Crippen molar-refractivity contribution in [2.75, 3.05) is 19.3 Å². The summed E-state index contributed by atoms with van der Waals surface area (Å²) in [5.74, 6) is 0.992. The zero-order valence-electron chi connectivity index (χ0n) is 15.4. The van der Waals surface area contributed by atoms with Crippen LogP contribution in [-0.2, 0) is 4.74 Å². The number of ether oxygens (including phenoxy) is 2. The molecule has 28 heavy (non-hydrogen) atoms. The zero-order chi connectivity index (χ0) is 19.9. The van der Waals surface area contributed by atoms with Gasteiger partial charge in [-0.25, -0.2) is 15.4 Å². The largest absolute Gasteiger partial charge is 0.494 e. The summed E-state index contributed by atoms with van der Waals surface area (Å²) in [6.07, 6.45) is 1.61. The Hall–Kier alpha value is -3.46. The normalized spacial score (nSPS) is 10.8. The van der Waals surface area contributed by atoms with Crippen molar-refractivity contribution in [2.24, 2.45) is 5.10 Å². The summed E-state index contributed by atoms with van der Waals surface area (Å²) in [4.78, 5) is 11.5.